The van der Waals surface area contributed by atoms with E-state index in [0.717, 1.165) is 60.9 Å². The minimum absolute atomic E-state index is 0.358. The Kier molecular flexibility index (Phi) is 3.65. The van der Waals surface area contributed by atoms with E-state index in [-0.39, 0.29) is 0 Å². The van der Waals surface area contributed by atoms with E-state index in [9.17, 15) is 0 Å². The Hall–Kier alpha value is -2.14. The van der Waals surface area contributed by atoms with Crippen molar-refractivity contribution in [1.82, 2.24) is 15.0 Å². The number of para-hydroxylation sites is 2. The smallest absolute Gasteiger partial charge is 0.199 e. The average Bonchev–Trinajstić information content (AvgIpc) is 3.14. The summed E-state index contributed by atoms with van der Waals surface area (Å²) in [7, 11) is 0. The van der Waals surface area contributed by atoms with Gasteiger partial charge in [-0.2, -0.15) is 0 Å². The van der Waals surface area contributed by atoms with E-state index in [1.807, 2.05) is 38.1 Å². The van der Waals surface area contributed by atoms with Crippen LogP contribution in [0.1, 0.15) is 41.7 Å². The molecule has 1 unspecified atom stereocenters. The molecule has 0 amide bonds. The molecule has 0 spiro atoms. The molecule has 23 heavy (non-hydrogen) atoms. The summed E-state index contributed by atoms with van der Waals surface area (Å²) < 4.78 is 11.3. The number of hydrogen-bond acceptors (Lipinski definition) is 5. The Labute approximate surface area is 135 Å². The lowest BCUT2D eigenvalue weighted by atomic mass is 9.97. The SMILES string of the molecule is Cc1noc(C)c1CN1CCCC(c2nc3ccccc3o2)C1. The second kappa shape index (κ2) is 5.81. The van der Waals surface area contributed by atoms with Gasteiger partial charge < -0.3 is 8.94 Å². The maximum Gasteiger partial charge on any atom is 0.199 e. The summed E-state index contributed by atoms with van der Waals surface area (Å²) >= 11 is 0. The third kappa shape index (κ3) is 2.77. The van der Waals surface area contributed by atoms with Crippen LogP contribution < -0.4 is 0 Å². The van der Waals surface area contributed by atoms with Gasteiger partial charge >= 0.3 is 0 Å². The summed E-state index contributed by atoms with van der Waals surface area (Å²) in [6, 6.07) is 7.98. The van der Waals surface area contributed by atoms with Crippen molar-refractivity contribution in [3.8, 4) is 0 Å². The molecule has 4 rings (SSSR count). The van der Waals surface area contributed by atoms with Crippen molar-refractivity contribution in [2.75, 3.05) is 13.1 Å². The van der Waals surface area contributed by atoms with Gasteiger partial charge in [0.05, 0.1) is 5.69 Å². The number of fused-ring (bicyclic) bond motifs is 1. The zero-order valence-corrected chi connectivity index (χ0v) is 13.6. The second-order valence-electron chi connectivity index (χ2n) is 6.40. The van der Waals surface area contributed by atoms with Crippen LogP contribution in [0.2, 0.25) is 0 Å². The molecule has 3 heterocycles. The third-order valence-corrected chi connectivity index (χ3v) is 4.73. The molecule has 1 saturated heterocycles. The van der Waals surface area contributed by atoms with E-state index in [4.69, 9.17) is 8.94 Å². The largest absolute Gasteiger partial charge is 0.440 e. The van der Waals surface area contributed by atoms with Crippen molar-refractivity contribution in [2.24, 2.45) is 0 Å². The Morgan fingerprint density at radius 3 is 2.91 bits per heavy atom. The maximum absolute atomic E-state index is 5.97. The first-order valence-electron chi connectivity index (χ1n) is 8.20. The standard InChI is InChI=1S/C18H21N3O2/c1-12-15(13(2)23-20-12)11-21-9-5-6-14(10-21)18-19-16-7-3-4-8-17(16)22-18/h3-4,7-8,14H,5-6,9-11H2,1-2H3. The summed E-state index contributed by atoms with van der Waals surface area (Å²) in [5.41, 5.74) is 4.03. The van der Waals surface area contributed by atoms with Crippen LogP contribution in [0.15, 0.2) is 33.2 Å². The van der Waals surface area contributed by atoms with Crippen molar-refractivity contribution in [3.63, 3.8) is 0 Å². The van der Waals surface area contributed by atoms with Gasteiger partial charge in [-0.05, 0) is 45.4 Å². The van der Waals surface area contributed by atoms with Crippen molar-refractivity contribution < 1.29 is 8.94 Å². The Morgan fingerprint density at radius 2 is 2.13 bits per heavy atom. The van der Waals surface area contributed by atoms with Gasteiger partial charge in [-0.25, -0.2) is 4.98 Å². The monoisotopic (exact) mass is 311 g/mol. The summed E-state index contributed by atoms with van der Waals surface area (Å²) in [5.74, 6) is 2.15. The number of piperidine rings is 1. The first-order valence-corrected chi connectivity index (χ1v) is 8.20. The van der Waals surface area contributed by atoms with E-state index in [2.05, 4.69) is 15.0 Å². The first kappa shape index (κ1) is 14.5. The number of likely N-dealkylation sites (tertiary alicyclic amines) is 1. The van der Waals surface area contributed by atoms with E-state index in [1.54, 1.807) is 0 Å². The highest BCUT2D eigenvalue weighted by atomic mass is 16.5. The normalized spacial score (nSPS) is 19.5. The van der Waals surface area contributed by atoms with Gasteiger partial charge in [-0.3, -0.25) is 4.90 Å². The fourth-order valence-electron chi connectivity index (χ4n) is 3.42. The van der Waals surface area contributed by atoms with Crippen molar-refractivity contribution in [1.29, 1.82) is 0 Å². The molecule has 1 aliphatic rings. The third-order valence-electron chi connectivity index (χ3n) is 4.73. The van der Waals surface area contributed by atoms with Crippen LogP contribution in [0.25, 0.3) is 11.1 Å². The second-order valence-corrected chi connectivity index (χ2v) is 6.40. The van der Waals surface area contributed by atoms with Crippen LogP contribution >= 0.6 is 0 Å². The molecule has 2 aromatic heterocycles. The van der Waals surface area contributed by atoms with Crippen LogP contribution in [0.5, 0.6) is 0 Å². The van der Waals surface area contributed by atoms with Gasteiger partial charge in [0.2, 0.25) is 0 Å². The summed E-state index contributed by atoms with van der Waals surface area (Å²) in [6.07, 6.45) is 2.29. The predicted molar refractivity (Wildman–Crippen MR) is 87.2 cm³/mol. The van der Waals surface area contributed by atoms with Gasteiger partial charge in [0.1, 0.15) is 11.3 Å². The molecule has 5 heteroatoms. The molecule has 1 fully saturated rings. The van der Waals surface area contributed by atoms with Crippen LogP contribution in [0.3, 0.4) is 0 Å². The van der Waals surface area contributed by atoms with Gasteiger partial charge in [0, 0.05) is 24.6 Å². The molecule has 120 valence electrons. The zero-order valence-electron chi connectivity index (χ0n) is 13.6. The number of aromatic nitrogens is 2. The maximum atomic E-state index is 5.97. The lowest BCUT2D eigenvalue weighted by Crippen LogP contribution is -2.34. The van der Waals surface area contributed by atoms with Crippen LogP contribution in [0, 0.1) is 13.8 Å². The van der Waals surface area contributed by atoms with Crippen LogP contribution in [-0.4, -0.2) is 28.1 Å². The molecule has 5 nitrogen and oxygen atoms in total. The highest BCUT2D eigenvalue weighted by molar-refractivity contribution is 5.72. The lowest BCUT2D eigenvalue weighted by Gasteiger charge is -2.31. The fourth-order valence-corrected chi connectivity index (χ4v) is 3.42. The van der Waals surface area contributed by atoms with Crippen molar-refractivity contribution >= 4 is 11.1 Å². The number of rotatable bonds is 3. The molecule has 0 aliphatic carbocycles. The van der Waals surface area contributed by atoms with E-state index in [1.165, 1.54) is 5.56 Å². The van der Waals surface area contributed by atoms with Crippen molar-refractivity contribution in [2.45, 2.75) is 39.2 Å². The van der Waals surface area contributed by atoms with Gasteiger partial charge in [-0.15, -0.1) is 0 Å². The van der Waals surface area contributed by atoms with Gasteiger partial charge in [0.25, 0.3) is 0 Å². The minimum atomic E-state index is 0.358. The fraction of sp³-hybridized carbons (Fsp3) is 0.444. The molecule has 3 aromatic rings. The van der Waals surface area contributed by atoms with E-state index in [0.29, 0.717) is 5.92 Å². The Morgan fingerprint density at radius 1 is 1.26 bits per heavy atom. The molecule has 0 bridgehead atoms. The van der Waals surface area contributed by atoms with Gasteiger partial charge in [0.15, 0.2) is 11.5 Å². The number of oxazole rings is 1. The predicted octanol–water partition coefficient (Wildman–Crippen LogP) is 3.81. The summed E-state index contributed by atoms with van der Waals surface area (Å²) in [6.45, 7) is 6.95. The number of nitrogens with zero attached hydrogens (tertiary/aromatic N) is 3. The summed E-state index contributed by atoms with van der Waals surface area (Å²) in [5, 5.41) is 4.06. The lowest BCUT2D eigenvalue weighted by molar-refractivity contribution is 0.186. The molecular formula is C18H21N3O2. The van der Waals surface area contributed by atoms with E-state index < -0.39 is 0 Å². The summed E-state index contributed by atoms with van der Waals surface area (Å²) in [4.78, 5) is 7.13. The van der Waals surface area contributed by atoms with Gasteiger partial charge in [-0.1, -0.05) is 17.3 Å². The Bertz CT molecular complexity index is 768. The highest BCUT2D eigenvalue weighted by Crippen LogP contribution is 2.30. The molecule has 0 N–H and O–H groups in total. The molecule has 0 radical (unpaired) electrons. The number of aryl methyl sites for hydroxylation is 2. The van der Waals surface area contributed by atoms with Crippen molar-refractivity contribution in [3.05, 3.63) is 47.2 Å². The van der Waals surface area contributed by atoms with E-state index >= 15 is 0 Å². The van der Waals surface area contributed by atoms with Crippen LogP contribution in [0.4, 0.5) is 0 Å². The topological polar surface area (TPSA) is 55.3 Å². The Balaban J connectivity index is 1.52. The molecular weight excluding hydrogens is 290 g/mol. The van der Waals surface area contributed by atoms with Crippen LogP contribution in [-0.2, 0) is 6.54 Å². The average molecular weight is 311 g/mol. The molecule has 0 saturated carbocycles. The number of hydrogen-bond donors (Lipinski definition) is 0. The molecule has 1 aromatic carbocycles. The molecule has 1 atom stereocenters. The highest BCUT2D eigenvalue weighted by Gasteiger charge is 2.26. The zero-order chi connectivity index (χ0) is 15.8. The molecule has 1 aliphatic heterocycles. The minimum Gasteiger partial charge on any atom is -0.440 e. The number of benzene rings is 1. The first-order chi connectivity index (χ1) is 11.2. The quantitative estimate of drug-likeness (QED) is 0.736.